The first-order valence-corrected chi connectivity index (χ1v) is 7.74. The molecule has 0 N–H and O–H groups in total. The average molecular weight is 402 g/mol. The molecule has 20 heavy (non-hydrogen) atoms. The van der Waals surface area contributed by atoms with Crippen molar-refractivity contribution in [3.05, 3.63) is 56.2 Å². The Morgan fingerprint density at radius 2 is 2.00 bits per heavy atom. The van der Waals surface area contributed by atoms with Gasteiger partial charge < -0.3 is 9.47 Å². The second-order valence-electron chi connectivity index (χ2n) is 4.52. The van der Waals surface area contributed by atoms with Crippen LogP contribution in [-0.2, 0) is 13.0 Å². The van der Waals surface area contributed by atoms with Crippen LogP contribution in [0.3, 0.4) is 0 Å². The van der Waals surface area contributed by atoms with Crippen LogP contribution < -0.4 is 9.47 Å². The van der Waals surface area contributed by atoms with Gasteiger partial charge in [-0.3, -0.25) is 0 Å². The molecule has 0 spiro atoms. The summed E-state index contributed by atoms with van der Waals surface area (Å²) in [5.41, 5.74) is 2.08. The van der Waals surface area contributed by atoms with Gasteiger partial charge in [0.15, 0.2) is 11.6 Å². The molecule has 0 unspecified atom stereocenters. The minimum Gasteiger partial charge on any atom is -0.493 e. The van der Waals surface area contributed by atoms with Gasteiger partial charge in [0.25, 0.3) is 0 Å². The Labute approximate surface area is 133 Å². The number of fused-ring (bicyclic) bond motifs is 1. The van der Waals surface area contributed by atoms with Crippen LogP contribution in [-0.4, -0.2) is 6.61 Å². The third-order valence-electron chi connectivity index (χ3n) is 3.10. The SMILES string of the molecule is Fc1ccc(Br)cc1OCc1cc(Br)cc2c1OCC2. The van der Waals surface area contributed by atoms with E-state index in [1.807, 2.05) is 12.1 Å². The van der Waals surface area contributed by atoms with E-state index in [0.29, 0.717) is 6.61 Å². The van der Waals surface area contributed by atoms with Gasteiger partial charge in [0, 0.05) is 20.9 Å². The summed E-state index contributed by atoms with van der Waals surface area (Å²) in [6, 6.07) is 8.63. The molecular weight excluding hydrogens is 391 g/mol. The van der Waals surface area contributed by atoms with E-state index < -0.39 is 0 Å². The van der Waals surface area contributed by atoms with Crippen LogP contribution in [0.25, 0.3) is 0 Å². The molecule has 2 aromatic carbocycles. The highest BCUT2D eigenvalue weighted by atomic mass is 79.9. The van der Waals surface area contributed by atoms with E-state index in [1.54, 1.807) is 12.1 Å². The molecule has 0 aliphatic carbocycles. The summed E-state index contributed by atoms with van der Waals surface area (Å²) in [5.74, 6) is 0.718. The summed E-state index contributed by atoms with van der Waals surface area (Å²) >= 11 is 6.78. The van der Waals surface area contributed by atoms with Gasteiger partial charge in [-0.15, -0.1) is 0 Å². The molecule has 1 heterocycles. The lowest BCUT2D eigenvalue weighted by Crippen LogP contribution is -2.00. The Bertz CT molecular complexity index is 659. The maximum atomic E-state index is 13.6. The number of halogens is 3. The van der Waals surface area contributed by atoms with E-state index in [-0.39, 0.29) is 18.2 Å². The van der Waals surface area contributed by atoms with E-state index in [1.165, 1.54) is 6.07 Å². The minimum atomic E-state index is -0.374. The number of ether oxygens (including phenoxy) is 2. The Balaban J connectivity index is 1.84. The monoisotopic (exact) mass is 400 g/mol. The summed E-state index contributed by atoms with van der Waals surface area (Å²) in [7, 11) is 0. The molecule has 2 aromatic rings. The first-order valence-electron chi connectivity index (χ1n) is 6.15. The Morgan fingerprint density at radius 1 is 1.15 bits per heavy atom. The molecule has 0 amide bonds. The van der Waals surface area contributed by atoms with E-state index in [9.17, 15) is 4.39 Å². The van der Waals surface area contributed by atoms with Gasteiger partial charge in [-0.1, -0.05) is 31.9 Å². The van der Waals surface area contributed by atoms with E-state index in [2.05, 4.69) is 31.9 Å². The zero-order valence-electron chi connectivity index (χ0n) is 10.5. The van der Waals surface area contributed by atoms with E-state index in [0.717, 1.165) is 32.2 Å². The Kier molecular flexibility index (Phi) is 3.98. The molecule has 1 aliphatic heterocycles. The summed E-state index contributed by atoms with van der Waals surface area (Å²) < 4.78 is 26.6. The van der Waals surface area contributed by atoms with Crippen molar-refractivity contribution in [2.75, 3.05) is 6.61 Å². The molecule has 104 valence electrons. The van der Waals surface area contributed by atoms with Crippen LogP contribution in [0.15, 0.2) is 39.3 Å². The smallest absolute Gasteiger partial charge is 0.165 e. The number of hydrogen-bond acceptors (Lipinski definition) is 2. The van der Waals surface area contributed by atoms with Crippen LogP contribution in [0.5, 0.6) is 11.5 Å². The molecule has 3 rings (SSSR count). The lowest BCUT2D eigenvalue weighted by atomic mass is 10.1. The van der Waals surface area contributed by atoms with Gasteiger partial charge in [0.1, 0.15) is 12.4 Å². The fourth-order valence-electron chi connectivity index (χ4n) is 2.20. The van der Waals surface area contributed by atoms with Gasteiger partial charge in [-0.2, -0.15) is 0 Å². The highest BCUT2D eigenvalue weighted by molar-refractivity contribution is 9.10. The predicted molar refractivity (Wildman–Crippen MR) is 81.8 cm³/mol. The number of benzene rings is 2. The van der Waals surface area contributed by atoms with Crippen molar-refractivity contribution in [1.82, 2.24) is 0 Å². The molecule has 5 heteroatoms. The highest BCUT2D eigenvalue weighted by Crippen LogP contribution is 2.34. The number of hydrogen-bond donors (Lipinski definition) is 0. The standard InChI is InChI=1S/C15H11Br2FO2/c16-11-1-2-13(18)14(7-11)20-8-10-6-12(17)5-9-3-4-19-15(9)10/h1-2,5-7H,3-4,8H2. The van der Waals surface area contributed by atoms with Gasteiger partial charge in [0.05, 0.1) is 6.61 Å². The predicted octanol–water partition coefficient (Wildman–Crippen LogP) is 4.86. The summed E-state index contributed by atoms with van der Waals surface area (Å²) in [6.07, 6.45) is 0.896. The van der Waals surface area contributed by atoms with Crippen molar-refractivity contribution in [3.8, 4) is 11.5 Å². The maximum Gasteiger partial charge on any atom is 0.165 e. The second kappa shape index (κ2) is 5.74. The first-order chi connectivity index (χ1) is 9.63. The van der Waals surface area contributed by atoms with Gasteiger partial charge >= 0.3 is 0 Å². The van der Waals surface area contributed by atoms with Crippen molar-refractivity contribution in [2.45, 2.75) is 13.0 Å². The summed E-state index contributed by atoms with van der Waals surface area (Å²) in [6.45, 7) is 0.958. The zero-order chi connectivity index (χ0) is 14.1. The molecule has 0 saturated heterocycles. The third kappa shape index (κ3) is 2.83. The fourth-order valence-corrected chi connectivity index (χ4v) is 3.09. The molecule has 0 atom stereocenters. The second-order valence-corrected chi connectivity index (χ2v) is 6.35. The van der Waals surface area contributed by atoms with Crippen LogP contribution in [0.1, 0.15) is 11.1 Å². The van der Waals surface area contributed by atoms with Crippen molar-refractivity contribution in [3.63, 3.8) is 0 Å². The average Bonchev–Trinajstić information content (AvgIpc) is 2.87. The van der Waals surface area contributed by atoms with E-state index in [4.69, 9.17) is 9.47 Å². The summed E-state index contributed by atoms with van der Waals surface area (Å²) in [5, 5.41) is 0. The van der Waals surface area contributed by atoms with Crippen molar-refractivity contribution in [1.29, 1.82) is 0 Å². The Hall–Kier alpha value is -1.07. The lowest BCUT2D eigenvalue weighted by Gasteiger charge is -2.11. The van der Waals surface area contributed by atoms with Gasteiger partial charge in [-0.05, 0) is 35.9 Å². The Morgan fingerprint density at radius 3 is 2.85 bits per heavy atom. The molecule has 0 radical (unpaired) electrons. The van der Waals surface area contributed by atoms with Crippen molar-refractivity contribution < 1.29 is 13.9 Å². The third-order valence-corrected chi connectivity index (χ3v) is 4.05. The molecule has 1 aliphatic rings. The normalized spacial score (nSPS) is 12.9. The molecular formula is C15H11Br2FO2. The topological polar surface area (TPSA) is 18.5 Å². The van der Waals surface area contributed by atoms with E-state index >= 15 is 0 Å². The van der Waals surface area contributed by atoms with Gasteiger partial charge in [-0.25, -0.2) is 4.39 Å². The molecule has 0 fully saturated rings. The van der Waals surface area contributed by atoms with Crippen molar-refractivity contribution in [2.24, 2.45) is 0 Å². The van der Waals surface area contributed by atoms with Crippen molar-refractivity contribution >= 4 is 31.9 Å². The summed E-state index contributed by atoms with van der Waals surface area (Å²) in [4.78, 5) is 0. The van der Waals surface area contributed by atoms with Crippen LogP contribution in [0, 0.1) is 5.82 Å². The molecule has 0 saturated carbocycles. The lowest BCUT2D eigenvalue weighted by molar-refractivity contribution is 0.279. The molecule has 0 bridgehead atoms. The molecule has 0 aromatic heterocycles. The highest BCUT2D eigenvalue weighted by Gasteiger charge is 2.18. The maximum absolute atomic E-state index is 13.6. The minimum absolute atomic E-state index is 0.228. The number of rotatable bonds is 3. The largest absolute Gasteiger partial charge is 0.493 e. The first kappa shape index (κ1) is 13.9. The fraction of sp³-hybridized carbons (Fsp3) is 0.200. The van der Waals surface area contributed by atoms with Crippen LogP contribution >= 0.6 is 31.9 Å². The molecule has 2 nitrogen and oxygen atoms in total. The van der Waals surface area contributed by atoms with Crippen LogP contribution in [0.4, 0.5) is 4.39 Å². The van der Waals surface area contributed by atoms with Crippen LogP contribution in [0.2, 0.25) is 0 Å². The zero-order valence-corrected chi connectivity index (χ0v) is 13.6. The quantitative estimate of drug-likeness (QED) is 0.730. The van der Waals surface area contributed by atoms with Gasteiger partial charge in [0.2, 0.25) is 0 Å².